The highest BCUT2D eigenvalue weighted by molar-refractivity contribution is 6.30. The van der Waals surface area contributed by atoms with Gasteiger partial charge in [0.05, 0.1) is 12.6 Å². The Morgan fingerprint density at radius 1 is 1.56 bits per heavy atom. The number of amides is 1. The first kappa shape index (κ1) is 11.2. The molecule has 2 atom stereocenters. The van der Waals surface area contributed by atoms with Crippen molar-refractivity contribution >= 4 is 17.7 Å². The van der Waals surface area contributed by atoms with E-state index < -0.39 is 6.09 Å². The Morgan fingerprint density at radius 2 is 2.19 bits per heavy atom. The third kappa shape index (κ3) is 3.12. The molecule has 16 heavy (non-hydrogen) atoms. The number of carboxylic acid groups (broad SMARTS) is 1. The Labute approximate surface area is 98.2 Å². The molecule has 0 radical (unpaired) electrons. The summed E-state index contributed by atoms with van der Waals surface area (Å²) in [7, 11) is 0. The maximum atomic E-state index is 10.6. The molecular weight excluding hydrogens is 230 g/mol. The molecular formula is C11H12ClNO3. The molecule has 1 saturated heterocycles. The monoisotopic (exact) mass is 241 g/mol. The summed E-state index contributed by atoms with van der Waals surface area (Å²) in [5.74, 6) is 0. The van der Waals surface area contributed by atoms with Gasteiger partial charge >= 0.3 is 6.09 Å². The van der Waals surface area contributed by atoms with E-state index in [-0.39, 0.29) is 12.1 Å². The lowest BCUT2D eigenvalue weighted by Gasteiger charge is -2.14. The Morgan fingerprint density at radius 3 is 2.69 bits per heavy atom. The molecule has 1 aromatic carbocycles. The number of hydrogen-bond acceptors (Lipinski definition) is 2. The van der Waals surface area contributed by atoms with Gasteiger partial charge in [-0.2, -0.15) is 0 Å². The molecule has 1 aromatic rings. The minimum Gasteiger partial charge on any atom is -0.465 e. The Balaban J connectivity index is 1.99. The Kier molecular flexibility index (Phi) is 3.31. The van der Waals surface area contributed by atoms with Gasteiger partial charge in [0.15, 0.2) is 0 Å². The number of nitrogens with one attached hydrogen (secondary N) is 1. The second-order valence-electron chi connectivity index (χ2n) is 3.76. The number of carbonyl (C=O) groups is 1. The van der Waals surface area contributed by atoms with Crippen molar-refractivity contribution in [1.82, 2.24) is 5.32 Å². The van der Waals surface area contributed by atoms with Crippen molar-refractivity contribution in [1.29, 1.82) is 0 Å². The van der Waals surface area contributed by atoms with E-state index in [1.165, 1.54) is 0 Å². The summed E-state index contributed by atoms with van der Waals surface area (Å²) in [6.45, 7) is 0.624. The smallest absolute Gasteiger partial charge is 0.404 e. The van der Waals surface area contributed by atoms with Crippen molar-refractivity contribution in [2.45, 2.75) is 18.6 Å². The standard InChI is InChI=1S/C11H12ClNO3/c12-8-3-1-7(2-4-8)5-9(10-6-16-10)13-11(14)15/h1-4,9-10,13H,5-6H2,(H,14,15)/t9-,10?/m0/s1. The van der Waals surface area contributed by atoms with E-state index in [9.17, 15) is 4.79 Å². The fourth-order valence-corrected chi connectivity index (χ4v) is 1.72. The van der Waals surface area contributed by atoms with Crippen LogP contribution in [0, 0.1) is 0 Å². The average molecular weight is 242 g/mol. The fraction of sp³-hybridized carbons (Fsp3) is 0.364. The van der Waals surface area contributed by atoms with Gasteiger partial charge in [-0.1, -0.05) is 23.7 Å². The zero-order chi connectivity index (χ0) is 11.5. The van der Waals surface area contributed by atoms with Gasteiger partial charge in [-0.05, 0) is 24.1 Å². The number of halogens is 1. The third-order valence-electron chi connectivity index (χ3n) is 2.49. The molecule has 0 bridgehead atoms. The quantitative estimate of drug-likeness (QED) is 0.792. The molecule has 1 heterocycles. The number of rotatable bonds is 4. The summed E-state index contributed by atoms with van der Waals surface area (Å²) in [6, 6.07) is 7.19. The van der Waals surface area contributed by atoms with Gasteiger partial charge in [0.2, 0.25) is 0 Å². The van der Waals surface area contributed by atoms with E-state index in [2.05, 4.69) is 5.32 Å². The fourth-order valence-electron chi connectivity index (χ4n) is 1.60. The van der Waals surface area contributed by atoms with Crippen LogP contribution in [0.5, 0.6) is 0 Å². The lowest BCUT2D eigenvalue weighted by molar-refractivity contribution is 0.186. The number of hydrogen-bond donors (Lipinski definition) is 2. The van der Waals surface area contributed by atoms with Crippen LogP contribution in [0.4, 0.5) is 4.79 Å². The molecule has 86 valence electrons. The maximum Gasteiger partial charge on any atom is 0.404 e. The van der Waals surface area contributed by atoms with E-state index in [0.29, 0.717) is 18.1 Å². The third-order valence-corrected chi connectivity index (χ3v) is 2.74. The molecule has 4 nitrogen and oxygen atoms in total. The van der Waals surface area contributed by atoms with Crippen molar-refractivity contribution in [3.8, 4) is 0 Å². The molecule has 0 aliphatic carbocycles. The Bertz CT molecular complexity index is 375. The molecule has 2 N–H and O–H groups in total. The Hall–Kier alpha value is -1.26. The minimum atomic E-state index is -1.02. The van der Waals surface area contributed by atoms with Crippen LogP contribution >= 0.6 is 11.6 Å². The van der Waals surface area contributed by atoms with Crippen LogP contribution in [-0.4, -0.2) is 30.0 Å². The van der Waals surface area contributed by atoms with E-state index in [0.717, 1.165) is 5.56 Å². The summed E-state index contributed by atoms with van der Waals surface area (Å²) in [5.41, 5.74) is 1.04. The minimum absolute atomic E-state index is 0.00628. The van der Waals surface area contributed by atoms with Gasteiger partial charge < -0.3 is 15.2 Å². The first-order valence-electron chi connectivity index (χ1n) is 5.00. The largest absolute Gasteiger partial charge is 0.465 e. The second-order valence-corrected chi connectivity index (χ2v) is 4.19. The van der Waals surface area contributed by atoms with Crippen LogP contribution in [0.3, 0.4) is 0 Å². The number of epoxide rings is 1. The molecule has 5 heteroatoms. The van der Waals surface area contributed by atoms with Crippen molar-refractivity contribution in [3.05, 3.63) is 34.9 Å². The summed E-state index contributed by atoms with van der Waals surface area (Å²) >= 11 is 5.77. The summed E-state index contributed by atoms with van der Waals surface area (Å²) in [5, 5.41) is 11.8. The van der Waals surface area contributed by atoms with Crippen molar-refractivity contribution in [3.63, 3.8) is 0 Å². The van der Waals surface area contributed by atoms with Crippen molar-refractivity contribution < 1.29 is 14.6 Å². The second kappa shape index (κ2) is 4.72. The molecule has 2 rings (SSSR count). The van der Waals surface area contributed by atoms with Gasteiger partial charge in [-0.3, -0.25) is 0 Å². The normalized spacial score (nSPS) is 20.2. The lowest BCUT2D eigenvalue weighted by Crippen LogP contribution is -2.39. The molecule has 0 aromatic heterocycles. The summed E-state index contributed by atoms with van der Waals surface area (Å²) < 4.78 is 5.12. The summed E-state index contributed by atoms with van der Waals surface area (Å²) in [4.78, 5) is 10.6. The SMILES string of the molecule is O=C(O)N[C@@H](Cc1ccc(Cl)cc1)C1CO1. The summed E-state index contributed by atoms with van der Waals surface area (Å²) in [6.07, 6.45) is -0.394. The van der Waals surface area contributed by atoms with Gasteiger partial charge in [0.1, 0.15) is 6.10 Å². The molecule has 1 unspecified atom stereocenters. The van der Waals surface area contributed by atoms with Gasteiger partial charge in [0.25, 0.3) is 0 Å². The predicted octanol–water partition coefficient (Wildman–Crippen LogP) is 1.92. The van der Waals surface area contributed by atoms with E-state index in [1.54, 1.807) is 12.1 Å². The van der Waals surface area contributed by atoms with E-state index in [1.807, 2.05) is 12.1 Å². The first-order valence-corrected chi connectivity index (χ1v) is 5.38. The van der Waals surface area contributed by atoms with E-state index in [4.69, 9.17) is 21.4 Å². The lowest BCUT2D eigenvalue weighted by atomic mass is 10.0. The average Bonchev–Trinajstić information content (AvgIpc) is 3.03. The molecule has 0 spiro atoms. The highest BCUT2D eigenvalue weighted by Gasteiger charge is 2.33. The molecule has 1 amide bonds. The van der Waals surface area contributed by atoms with Crippen molar-refractivity contribution in [2.24, 2.45) is 0 Å². The van der Waals surface area contributed by atoms with Crippen LogP contribution in [0.25, 0.3) is 0 Å². The van der Waals surface area contributed by atoms with Gasteiger partial charge in [0, 0.05) is 5.02 Å². The van der Waals surface area contributed by atoms with Crippen molar-refractivity contribution in [2.75, 3.05) is 6.61 Å². The van der Waals surface area contributed by atoms with Crippen LogP contribution in [-0.2, 0) is 11.2 Å². The van der Waals surface area contributed by atoms with Gasteiger partial charge in [-0.15, -0.1) is 0 Å². The highest BCUT2D eigenvalue weighted by Crippen LogP contribution is 2.19. The topological polar surface area (TPSA) is 61.9 Å². The molecule has 1 fully saturated rings. The maximum absolute atomic E-state index is 10.6. The molecule has 1 aliphatic heterocycles. The molecule has 1 aliphatic rings. The van der Waals surface area contributed by atoms with Crippen LogP contribution in [0.1, 0.15) is 5.56 Å². The first-order chi connectivity index (χ1) is 7.65. The zero-order valence-electron chi connectivity index (χ0n) is 8.52. The van der Waals surface area contributed by atoms with Crippen LogP contribution in [0.2, 0.25) is 5.02 Å². The zero-order valence-corrected chi connectivity index (χ0v) is 9.28. The number of ether oxygens (including phenoxy) is 1. The highest BCUT2D eigenvalue weighted by atomic mass is 35.5. The van der Waals surface area contributed by atoms with E-state index >= 15 is 0 Å². The van der Waals surface area contributed by atoms with Crippen LogP contribution < -0.4 is 5.32 Å². The van der Waals surface area contributed by atoms with Gasteiger partial charge in [-0.25, -0.2) is 4.79 Å². The number of benzene rings is 1. The predicted molar refractivity (Wildman–Crippen MR) is 59.8 cm³/mol. The molecule has 0 saturated carbocycles. The van der Waals surface area contributed by atoms with Crippen LogP contribution in [0.15, 0.2) is 24.3 Å².